The van der Waals surface area contributed by atoms with Gasteiger partial charge in [0.2, 0.25) is 11.8 Å². The lowest BCUT2D eigenvalue weighted by molar-refractivity contribution is -0.137. The van der Waals surface area contributed by atoms with E-state index in [-0.39, 0.29) is 24.4 Å². The number of nitrogens with one attached hydrogen (secondary N) is 1. The van der Waals surface area contributed by atoms with Gasteiger partial charge in [0.25, 0.3) is 0 Å². The number of carbonyl (C=O) groups excluding carboxylic acids is 2. The largest absolute Gasteiger partial charge is 0.378 e. The van der Waals surface area contributed by atoms with Gasteiger partial charge in [0.05, 0.1) is 12.6 Å². The Labute approximate surface area is 174 Å². The van der Waals surface area contributed by atoms with E-state index in [2.05, 4.69) is 34.5 Å². The minimum Gasteiger partial charge on any atom is -0.378 e. The van der Waals surface area contributed by atoms with E-state index in [1.165, 1.54) is 4.90 Å². The van der Waals surface area contributed by atoms with Gasteiger partial charge in [0.1, 0.15) is 0 Å². The van der Waals surface area contributed by atoms with Crippen LogP contribution in [-0.2, 0) is 16.1 Å². The second-order valence-corrected chi connectivity index (χ2v) is 7.76. The standard InChI is InChI=1S/C23H32N4O2/c1-17-7-11-20(12-8-17)24-22(28)16-27(6)23(29)18(2)26(5)15-19-9-13-21(14-10-19)25(3)4/h7-14,18H,15-16H2,1-6H3,(H,24,28)/t18-/m0/s1. The molecule has 2 amide bonds. The topological polar surface area (TPSA) is 55.9 Å². The molecule has 6 heteroatoms. The fourth-order valence-corrected chi connectivity index (χ4v) is 2.96. The minimum absolute atomic E-state index is 0.0163. The molecule has 2 rings (SSSR count). The van der Waals surface area contributed by atoms with Crippen molar-refractivity contribution in [1.29, 1.82) is 0 Å². The van der Waals surface area contributed by atoms with E-state index in [1.54, 1.807) is 7.05 Å². The molecular formula is C23H32N4O2. The van der Waals surface area contributed by atoms with Crippen molar-refractivity contribution in [2.75, 3.05) is 45.0 Å². The van der Waals surface area contributed by atoms with E-state index in [0.29, 0.717) is 6.54 Å². The van der Waals surface area contributed by atoms with Gasteiger partial charge < -0.3 is 15.1 Å². The van der Waals surface area contributed by atoms with Gasteiger partial charge in [0, 0.05) is 39.1 Å². The molecule has 29 heavy (non-hydrogen) atoms. The Morgan fingerprint density at radius 3 is 2.07 bits per heavy atom. The third kappa shape index (κ3) is 6.61. The number of hydrogen-bond donors (Lipinski definition) is 1. The van der Waals surface area contributed by atoms with Gasteiger partial charge in [0.15, 0.2) is 0 Å². The van der Waals surface area contributed by atoms with E-state index >= 15 is 0 Å². The van der Waals surface area contributed by atoms with Crippen molar-refractivity contribution in [3.05, 3.63) is 59.7 Å². The van der Waals surface area contributed by atoms with Crippen LogP contribution in [0.2, 0.25) is 0 Å². The van der Waals surface area contributed by atoms with E-state index in [1.807, 2.05) is 64.2 Å². The quantitative estimate of drug-likeness (QED) is 0.745. The maximum Gasteiger partial charge on any atom is 0.243 e. The molecule has 0 aromatic heterocycles. The molecule has 0 fully saturated rings. The van der Waals surface area contributed by atoms with Gasteiger partial charge in [-0.05, 0) is 50.7 Å². The molecule has 0 saturated heterocycles. The molecule has 0 saturated carbocycles. The van der Waals surface area contributed by atoms with Crippen LogP contribution in [0.25, 0.3) is 0 Å². The van der Waals surface area contributed by atoms with Crippen LogP contribution in [-0.4, -0.2) is 62.4 Å². The third-order valence-corrected chi connectivity index (χ3v) is 5.00. The Morgan fingerprint density at radius 2 is 1.52 bits per heavy atom. The molecule has 2 aromatic carbocycles. The average molecular weight is 397 g/mol. The number of benzene rings is 2. The zero-order valence-electron chi connectivity index (χ0n) is 18.3. The Balaban J connectivity index is 1.88. The molecule has 6 nitrogen and oxygen atoms in total. The molecule has 0 aliphatic rings. The van der Waals surface area contributed by atoms with Gasteiger partial charge in [-0.1, -0.05) is 29.8 Å². The Bertz CT molecular complexity index is 816. The van der Waals surface area contributed by atoms with Crippen LogP contribution in [0, 0.1) is 6.92 Å². The highest BCUT2D eigenvalue weighted by Gasteiger charge is 2.23. The van der Waals surface area contributed by atoms with Crippen LogP contribution >= 0.6 is 0 Å². The molecule has 0 aliphatic carbocycles. The van der Waals surface area contributed by atoms with Crippen molar-refractivity contribution in [2.24, 2.45) is 0 Å². The van der Waals surface area contributed by atoms with Crippen LogP contribution in [0.3, 0.4) is 0 Å². The lowest BCUT2D eigenvalue weighted by Crippen LogP contribution is -2.46. The Morgan fingerprint density at radius 1 is 0.931 bits per heavy atom. The number of nitrogens with zero attached hydrogens (tertiary/aromatic N) is 3. The fraction of sp³-hybridized carbons (Fsp3) is 0.391. The maximum atomic E-state index is 12.7. The number of anilines is 2. The maximum absolute atomic E-state index is 12.7. The monoisotopic (exact) mass is 396 g/mol. The van der Waals surface area contributed by atoms with Crippen LogP contribution in [0.1, 0.15) is 18.1 Å². The Kier molecular flexibility index (Phi) is 7.79. The van der Waals surface area contributed by atoms with E-state index in [9.17, 15) is 9.59 Å². The molecule has 1 N–H and O–H groups in total. The fourth-order valence-electron chi connectivity index (χ4n) is 2.96. The normalized spacial score (nSPS) is 11.8. The molecular weight excluding hydrogens is 364 g/mol. The van der Waals surface area contributed by atoms with Crippen molar-refractivity contribution in [2.45, 2.75) is 26.4 Å². The smallest absolute Gasteiger partial charge is 0.243 e. The molecule has 0 unspecified atom stereocenters. The number of hydrogen-bond acceptors (Lipinski definition) is 4. The molecule has 0 heterocycles. The van der Waals surface area contributed by atoms with Crippen molar-refractivity contribution < 1.29 is 9.59 Å². The molecule has 1 atom stereocenters. The van der Waals surface area contributed by atoms with Crippen molar-refractivity contribution in [3.8, 4) is 0 Å². The number of carbonyl (C=O) groups is 2. The summed E-state index contributed by atoms with van der Waals surface area (Å²) < 4.78 is 0. The first-order chi connectivity index (χ1) is 13.7. The zero-order chi connectivity index (χ0) is 21.6. The first-order valence-electron chi connectivity index (χ1n) is 9.75. The summed E-state index contributed by atoms with van der Waals surface area (Å²) in [6.07, 6.45) is 0. The summed E-state index contributed by atoms with van der Waals surface area (Å²) in [5.41, 5.74) is 4.13. The number of amides is 2. The molecule has 156 valence electrons. The molecule has 0 radical (unpaired) electrons. The molecule has 0 aliphatic heterocycles. The van der Waals surface area contributed by atoms with Gasteiger partial charge in [-0.15, -0.1) is 0 Å². The van der Waals surface area contributed by atoms with Crippen molar-refractivity contribution in [1.82, 2.24) is 9.80 Å². The highest BCUT2D eigenvalue weighted by Crippen LogP contribution is 2.15. The second kappa shape index (κ2) is 10.1. The summed E-state index contributed by atoms with van der Waals surface area (Å²) in [5.74, 6) is -0.296. The van der Waals surface area contributed by atoms with Gasteiger partial charge in [-0.25, -0.2) is 0 Å². The predicted octanol–water partition coefficient (Wildman–Crippen LogP) is 2.98. The van der Waals surface area contributed by atoms with Crippen LogP contribution in [0.5, 0.6) is 0 Å². The summed E-state index contributed by atoms with van der Waals surface area (Å²) in [4.78, 5) is 30.5. The number of rotatable bonds is 8. The molecule has 0 bridgehead atoms. The van der Waals surface area contributed by atoms with E-state index in [0.717, 1.165) is 22.5 Å². The van der Waals surface area contributed by atoms with Gasteiger partial charge >= 0.3 is 0 Å². The summed E-state index contributed by atoms with van der Waals surface area (Å²) in [7, 11) is 7.59. The predicted molar refractivity (Wildman–Crippen MR) is 119 cm³/mol. The van der Waals surface area contributed by atoms with Gasteiger partial charge in [-0.2, -0.15) is 0 Å². The lowest BCUT2D eigenvalue weighted by atomic mass is 10.1. The molecule has 2 aromatic rings. The SMILES string of the molecule is Cc1ccc(NC(=O)CN(C)C(=O)[C@H](C)N(C)Cc2ccc(N(C)C)cc2)cc1. The van der Waals surface area contributed by atoms with Crippen LogP contribution in [0.15, 0.2) is 48.5 Å². The van der Waals surface area contributed by atoms with E-state index < -0.39 is 0 Å². The first-order valence-corrected chi connectivity index (χ1v) is 9.75. The minimum atomic E-state index is -0.333. The number of likely N-dealkylation sites (N-methyl/N-ethyl adjacent to an activating group) is 2. The summed E-state index contributed by atoms with van der Waals surface area (Å²) in [5, 5.41) is 2.83. The lowest BCUT2D eigenvalue weighted by Gasteiger charge is -2.28. The van der Waals surface area contributed by atoms with Gasteiger partial charge in [-0.3, -0.25) is 14.5 Å². The Hall–Kier alpha value is -2.86. The van der Waals surface area contributed by atoms with Crippen LogP contribution in [0.4, 0.5) is 11.4 Å². The van der Waals surface area contributed by atoms with Crippen LogP contribution < -0.4 is 10.2 Å². The van der Waals surface area contributed by atoms with Crippen molar-refractivity contribution in [3.63, 3.8) is 0 Å². The second-order valence-electron chi connectivity index (χ2n) is 7.76. The van der Waals surface area contributed by atoms with E-state index in [4.69, 9.17) is 0 Å². The average Bonchev–Trinajstić information content (AvgIpc) is 2.68. The van der Waals surface area contributed by atoms with Crippen molar-refractivity contribution >= 4 is 23.2 Å². The molecule has 0 spiro atoms. The number of aryl methyl sites for hydroxylation is 1. The highest BCUT2D eigenvalue weighted by molar-refractivity contribution is 5.95. The summed E-state index contributed by atoms with van der Waals surface area (Å²) >= 11 is 0. The highest BCUT2D eigenvalue weighted by atomic mass is 16.2. The first kappa shape index (κ1) is 22.4. The third-order valence-electron chi connectivity index (χ3n) is 5.00. The summed E-state index contributed by atoms with van der Waals surface area (Å²) in [6.45, 7) is 4.53. The zero-order valence-corrected chi connectivity index (χ0v) is 18.3. The summed E-state index contributed by atoms with van der Waals surface area (Å²) in [6, 6.07) is 15.5.